The molecule has 0 fully saturated rings. The summed E-state index contributed by atoms with van der Waals surface area (Å²) in [7, 11) is 0. The number of anilines is 3. The minimum atomic E-state index is 1.06. The Bertz CT molecular complexity index is 4400. The van der Waals surface area contributed by atoms with Crippen LogP contribution in [-0.2, 0) is 0 Å². The number of benzene rings is 12. The molecule has 12 aromatic carbocycles. The summed E-state index contributed by atoms with van der Waals surface area (Å²) in [6.45, 7) is 0. The molecule has 0 saturated carbocycles. The Morgan fingerprint density at radius 2 is 0.653 bits per heavy atom. The van der Waals surface area contributed by atoms with Gasteiger partial charge in [-0.2, -0.15) is 0 Å². The van der Waals surface area contributed by atoms with Crippen molar-refractivity contribution >= 4 is 60.7 Å². The Morgan fingerprint density at radius 3 is 1.33 bits per heavy atom. The Balaban J connectivity index is 0.927. The van der Waals surface area contributed by atoms with Crippen molar-refractivity contribution in [2.24, 2.45) is 0 Å². The Labute approximate surface area is 436 Å². The minimum Gasteiger partial charge on any atom is -0.310 e. The van der Waals surface area contributed by atoms with Crippen molar-refractivity contribution in [3.63, 3.8) is 0 Å². The summed E-state index contributed by atoms with van der Waals surface area (Å²) < 4.78 is 4.77. The molecule has 0 saturated heterocycles. The highest BCUT2D eigenvalue weighted by atomic mass is 15.1. The van der Waals surface area contributed by atoms with E-state index in [1.807, 2.05) is 0 Å². The lowest BCUT2D eigenvalue weighted by Crippen LogP contribution is -2.11. The summed E-state index contributed by atoms with van der Waals surface area (Å²) in [5.41, 5.74) is 22.0. The van der Waals surface area contributed by atoms with Crippen LogP contribution in [0.5, 0.6) is 0 Å². The SMILES string of the molecule is c1ccc(-c2ccccc2-c2ccccc2-c2ccccc2N(c2ccc(-c3ccc4c5ccccc5n(-c5ccccc5)c4c3)cc2)c2cccc(-c3ccc4c(c3)c3ccccc3n4-c3ccccc3)c2)cc1. The maximum Gasteiger partial charge on any atom is 0.0547 e. The molecule has 2 heterocycles. The van der Waals surface area contributed by atoms with Gasteiger partial charge >= 0.3 is 0 Å². The number of rotatable bonds is 10. The van der Waals surface area contributed by atoms with Gasteiger partial charge in [-0.25, -0.2) is 0 Å². The van der Waals surface area contributed by atoms with Crippen molar-refractivity contribution in [1.29, 1.82) is 0 Å². The second-order valence-electron chi connectivity index (χ2n) is 19.2. The number of nitrogens with zero attached hydrogens (tertiary/aromatic N) is 3. The molecule has 3 nitrogen and oxygen atoms in total. The van der Waals surface area contributed by atoms with Crippen LogP contribution < -0.4 is 4.90 Å². The molecule has 75 heavy (non-hydrogen) atoms. The summed E-state index contributed by atoms with van der Waals surface area (Å²) in [4.78, 5) is 2.44. The van der Waals surface area contributed by atoms with Gasteiger partial charge in [-0.1, -0.05) is 212 Å². The quantitative estimate of drug-likeness (QED) is 0.133. The van der Waals surface area contributed by atoms with E-state index >= 15 is 0 Å². The van der Waals surface area contributed by atoms with E-state index < -0.39 is 0 Å². The van der Waals surface area contributed by atoms with E-state index in [4.69, 9.17) is 0 Å². The number of hydrogen-bond donors (Lipinski definition) is 0. The molecule has 0 unspecified atom stereocenters. The first-order valence-corrected chi connectivity index (χ1v) is 25.8. The molecule has 0 N–H and O–H groups in total. The maximum atomic E-state index is 2.44. The number of aromatic nitrogens is 2. The zero-order chi connectivity index (χ0) is 49.7. The lowest BCUT2D eigenvalue weighted by atomic mass is 9.88. The lowest BCUT2D eigenvalue weighted by Gasteiger charge is -2.29. The van der Waals surface area contributed by atoms with E-state index in [1.165, 1.54) is 65.9 Å². The van der Waals surface area contributed by atoms with E-state index in [0.29, 0.717) is 0 Å². The van der Waals surface area contributed by atoms with Crippen molar-refractivity contribution in [3.8, 4) is 67.0 Å². The molecular formula is C72H49N3. The van der Waals surface area contributed by atoms with E-state index in [0.717, 1.165) is 61.8 Å². The molecule has 0 amide bonds. The summed E-state index contributed by atoms with van der Waals surface area (Å²) >= 11 is 0. The summed E-state index contributed by atoms with van der Waals surface area (Å²) in [6.07, 6.45) is 0. The molecule has 2 aromatic heterocycles. The highest BCUT2D eigenvalue weighted by molar-refractivity contribution is 6.12. The average Bonchev–Trinajstić information content (AvgIpc) is 4.01. The second kappa shape index (κ2) is 18.6. The first kappa shape index (κ1) is 43.8. The minimum absolute atomic E-state index is 1.06. The zero-order valence-electron chi connectivity index (χ0n) is 41.1. The van der Waals surface area contributed by atoms with Crippen LogP contribution >= 0.6 is 0 Å². The van der Waals surface area contributed by atoms with Crippen LogP contribution in [0.4, 0.5) is 17.1 Å². The van der Waals surface area contributed by atoms with Gasteiger partial charge in [-0.15, -0.1) is 0 Å². The Hall–Kier alpha value is -9.96. The fraction of sp³-hybridized carbons (Fsp3) is 0. The molecule has 0 atom stereocenters. The average molecular weight is 956 g/mol. The summed E-state index contributed by atoms with van der Waals surface area (Å²) in [5, 5.41) is 4.95. The normalized spacial score (nSPS) is 11.5. The molecule has 0 aliphatic heterocycles. The first-order chi connectivity index (χ1) is 37.2. The van der Waals surface area contributed by atoms with Gasteiger partial charge in [0.25, 0.3) is 0 Å². The van der Waals surface area contributed by atoms with Crippen LogP contribution in [0, 0.1) is 0 Å². The van der Waals surface area contributed by atoms with Gasteiger partial charge in [-0.05, 0) is 135 Å². The third-order valence-corrected chi connectivity index (χ3v) is 14.9. The highest BCUT2D eigenvalue weighted by Gasteiger charge is 2.22. The van der Waals surface area contributed by atoms with Crippen molar-refractivity contribution in [2.75, 3.05) is 4.90 Å². The summed E-state index contributed by atoms with van der Waals surface area (Å²) in [5.74, 6) is 0. The second-order valence-corrected chi connectivity index (χ2v) is 19.2. The third kappa shape index (κ3) is 7.69. The van der Waals surface area contributed by atoms with Gasteiger partial charge in [-0.3, -0.25) is 0 Å². The standard InChI is InChI=1S/C72H49N3/c1-4-21-51(22-5-1)59-29-10-11-30-60(59)61-31-12-13-32-62(61)63-33-14-17-36-68(63)73(57-43-39-50(40-44-57)54-41-45-66-64-34-15-18-37-69(64)75(72(66)49-54)56-26-8-3-9-27-56)58-28-20-23-52(47-58)53-42-46-71-67(48-53)65-35-16-19-38-70(65)74(71)55-24-6-2-7-25-55/h1-49H. The van der Waals surface area contributed by atoms with Gasteiger partial charge < -0.3 is 14.0 Å². The van der Waals surface area contributed by atoms with E-state index in [2.05, 4.69) is 311 Å². The lowest BCUT2D eigenvalue weighted by molar-refractivity contribution is 1.18. The largest absolute Gasteiger partial charge is 0.310 e. The molecule has 0 aliphatic carbocycles. The van der Waals surface area contributed by atoms with Crippen molar-refractivity contribution in [3.05, 3.63) is 297 Å². The third-order valence-electron chi connectivity index (χ3n) is 14.9. The van der Waals surface area contributed by atoms with E-state index in [9.17, 15) is 0 Å². The Kier molecular flexibility index (Phi) is 10.8. The van der Waals surface area contributed by atoms with Crippen LogP contribution in [0.3, 0.4) is 0 Å². The molecule has 14 aromatic rings. The molecule has 0 bridgehead atoms. The van der Waals surface area contributed by atoms with Gasteiger partial charge in [0.05, 0.1) is 27.8 Å². The maximum absolute atomic E-state index is 2.44. The zero-order valence-corrected chi connectivity index (χ0v) is 41.1. The van der Waals surface area contributed by atoms with Crippen LogP contribution in [0.1, 0.15) is 0 Å². The van der Waals surface area contributed by atoms with Crippen LogP contribution in [0.15, 0.2) is 297 Å². The number of fused-ring (bicyclic) bond motifs is 6. The van der Waals surface area contributed by atoms with Gasteiger partial charge in [0.1, 0.15) is 0 Å². The molecular weight excluding hydrogens is 907 g/mol. The van der Waals surface area contributed by atoms with Gasteiger partial charge in [0, 0.05) is 49.9 Å². The molecule has 352 valence electrons. The molecule has 3 heteroatoms. The first-order valence-electron chi connectivity index (χ1n) is 25.8. The fourth-order valence-corrected chi connectivity index (χ4v) is 11.5. The highest BCUT2D eigenvalue weighted by Crippen LogP contribution is 2.47. The van der Waals surface area contributed by atoms with Gasteiger partial charge in [0.15, 0.2) is 0 Å². The predicted molar refractivity (Wildman–Crippen MR) is 317 cm³/mol. The predicted octanol–water partition coefficient (Wildman–Crippen LogP) is 19.7. The van der Waals surface area contributed by atoms with Crippen molar-refractivity contribution < 1.29 is 0 Å². The topological polar surface area (TPSA) is 13.1 Å². The van der Waals surface area contributed by atoms with Crippen LogP contribution in [-0.4, -0.2) is 9.13 Å². The van der Waals surface area contributed by atoms with Crippen LogP contribution in [0.25, 0.3) is 111 Å². The molecule has 0 spiro atoms. The molecule has 14 rings (SSSR count). The fourth-order valence-electron chi connectivity index (χ4n) is 11.5. The Morgan fingerprint density at radius 1 is 0.213 bits per heavy atom. The van der Waals surface area contributed by atoms with Gasteiger partial charge in [0.2, 0.25) is 0 Å². The van der Waals surface area contributed by atoms with Crippen LogP contribution in [0.2, 0.25) is 0 Å². The van der Waals surface area contributed by atoms with E-state index in [1.54, 1.807) is 0 Å². The number of hydrogen-bond acceptors (Lipinski definition) is 1. The molecule has 0 radical (unpaired) electrons. The monoisotopic (exact) mass is 955 g/mol. The van der Waals surface area contributed by atoms with Crippen molar-refractivity contribution in [2.45, 2.75) is 0 Å². The van der Waals surface area contributed by atoms with E-state index in [-0.39, 0.29) is 0 Å². The number of para-hydroxylation sites is 5. The van der Waals surface area contributed by atoms with Crippen molar-refractivity contribution in [1.82, 2.24) is 9.13 Å². The molecule has 0 aliphatic rings. The smallest absolute Gasteiger partial charge is 0.0547 e. The summed E-state index contributed by atoms with van der Waals surface area (Å²) in [6, 6.07) is 108.